The molecular weight excluding hydrogens is 367 g/mol. The number of rotatable bonds is 7. The van der Waals surface area contributed by atoms with E-state index in [1.807, 2.05) is 6.07 Å². The number of fused-ring (bicyclic) bond motifs is 1. The topological polar surface area (TPSA) is 58.2 Å². The monoisotopic (exact) mass is 389 g/mol. The van der Waals surface area contributed by atoms with Gasteiger partial charge in [0.2, 0.25) is 0 Å². The number of hydrogen-bond donors (Lipinski definition) is 0. The van der Waals surface area contributed by atoms with Gasteiger partial charge in [0.15, 0.2) is 0 Å². The number of halogens is 3. The molecule has 4 nitrogen and oxygen atoms in total. The van der Waals surface area contributed by atoms with E-state index in [1.54, 1.807) is 16.8 Å². The number of ketones is 1. The minimum atomic E-state index is -4.28. The van der Waals surface area contributed by atoms with Crippen molar-refractivity contribution in [2.24, 2.45) is 5.41 Å². The smallest absolute Gasteiger partial charge is 0.300 e. The molecule has 2 aliphatic rings. The minimum absolute atomic E-state index is 0.0712. The van der Waals surface area contributed by atoms with Crippen molar-refractivity contribution in [1.82, 2.24) is 9.61 Å². The van der Waals surface area contributed by atoms with E-state index in [0.29, 0.717) is 24.3 Å². The molecule has 0 saturated heterocycles. The maximum atomic E-state index is 13.0. The van der Waals surface area contributed by atoms with Crippen molar-refractivity contribution >= 4 is 11.3 Å². The fraction of sp³-hybridized carbons (Fsp3) is 0.571. The largest absolute Gasteiger partial charge is 0.394 e. The summed E-state index contributed by atoms with van der Waals surface area (Å²) in [7, 11) is 0. The fourth-order valence-electron chi connectivity index (χ4n) is 4.14. The van der Waals surface area contributed by atoms with Crippen molar-refractivity contribution in [2.45, 2.75) is 69.9 Å². The Balaban J connectivity index is 1.45. The molecule has 2 fully saturated rings. The molecule has 0 aliphatic heterocycles. The van der Waals surface area contributed by atoms with E-state index < -0.39 is 11.6 Å². The van der Waals surface area contributed by atoms with E-state index >= 15 is 0 Å². The zero-order chi connectivity index (χ0) is 19.9. The number of Topliss-reactive ketones (excluding diaryl/α,β-unsaturated/α-hetero) is 1. The molecule has 148 valence electrons. The van der Waals surface area contributed by atoms with Gasteiger partial charge < -0.3 is 0 Å². The fourth-order valence-corrected chi connectivity index (χ4v) is 4.14. The summed E-state index contributed by atoms with van der Waals surface area (Å²) < 4.78 is 40.8. The second-order valence-corrected chi connectivity index (χ2v) is 8.19. The molecule has 0 atom stereocenters. The molecule has 2 heterocycles. The van der Waals surface area contributed by atoms with Gasteiger partial charge in [0.25, 0.3) is 0 Å². The molecule has 0 unspecified atom stereocenters. The van der Waals surface area contributed by atoms with E-state index in [0.717, 1.165) is 36.0 Å². The average Bonchev–Trinajstić information content (AvgIpc) is 3.30. The third-order valence-electron chi connectivity index (χ3n) is 6.25. The molecule has 2 aromatic heterocycles. The van der Waals surface area contributed by atoms with E-state index in [9.17, 15) is 18.0 Å². The normalized spacial score (nSPS) is 18.6. The van der Waals surface area contributed by atoms with Gasteiger partial charge in [-0.05, 0) is 56.6 Å². The van der Waals surface area contributed by atoms with Crippen molar-refractivity contribution < 1.29 is 18.0 Å². The number of aromatic nitrogens is 2. The summed E-state index contributed by atoms with van der Waals surface area (Å²) in [6.45, 7) is 0. The first-order valence-electron chi connectivity index (χ1n) is 9.83. The molecule has 2 saturated carbocycles. The number of carbonyl (C=O) groups is 1. The van der Waals surface area contributed by atoms with Crippen LogP contribution in [-0.4, -0.2) is 21.6 Å². The third kappa shape index (κ3) is 3.41. The molecule has 28 heavy (non-hydrogen) atoms. The molecule has 2 aliphatic carbocycles. The van der Waals surface area contributed by atoms with Crippen LogP contribution in [0.5, 0.6) is 0 Å². The summed E-state index contributed by atoms with van der Waals surface area (Å²) in [5.41, 5.74) is 1.81. The Morgan fingerprint density at radius 2 is 2.11 bits per heavy atom. The number of pyridine rings is 1. The molecule has 0 N–H and O–H groups in total. The van der Waals surface area contributed by atoms with Crippen LogP contribution in [0.25, 0.3) is 5.52 Å². The number of nitriles is 1. The zero-order valence-corrected chi connectivity index (χ0v) is 15.6. The molecule has 0 spiro atoms. The van der Waals surface area contributed by atoms with Crippen LogP contribution in [0.1, 0.15) is 74.1 Å². The Hall–Kier alpha value is -2.36. The van der Waals surface area contributed by atoms with Gasteiger partial charge in [0.1, 0.15) is 5.78 Å². The minimum Gasteiger partial charge on any atom is -0.300 e. The van der Waals surface area contributed by atoms with E-state index in [-0.39, 0.29) is 31.5 Å². The standard InChI is InChI=1S/C21H22F3N3O/c22-21(23,24)20(8-9-20)12-16(28)5-2-6-17-19(15-3-1-4-15)18-11-14(13-25)7-10-27(18)26-17/h7,10-11,15H,1-6,8-9,12H2. The first kappa shape index (κ1) is 19.0. The number of nitrogens with zero attached hydrogens (tertiary/aromatic N) is 3. The summed E-state index contributed by atoms with van der Waals surface area (Å²) in [5, 5.41) is 13.8. The summed E-state index contributed by atoms with van der Waals surface area (Å²) in [5.74, 6) is 0.104. The predicted octanol–water partition coefficient (Wildman–Crippen LogP) is 5.10. The van der Waals surface area contributed by atoms with Gasteiger partial charge >= 0.3 is 6.18 Å². The quantitative estimate of drug-likeness (QED) is 0.662. The molecule has 0 amide bonds. The van der Waals surface area contributed by atoms with Crippen LogP contribution in [0.15, 0.2) is 18.3 Å². The van der Waals surface area contributed by atoms with E-state index in [2.05, 4.69) is 11.2 Å². The second-order valence-electron chi connectivity index (χ2n) is 8.19. The molecular formula is C21H22F3N3O. The van der Waals surface area contributed by atoms with Crippen LogP contribution < -0.4 is 0 Å². The average molecular weight is 389 g/mol. The van der Waals surface area contributed by atoms with Crippen molar-refractivity contribution in [2.75, 3.05) is 0 Å². The highest BCUT2D eigenvalue weighted by Gasteiger charge is 2.63. The van der Waals surface area contributed by atoms with Crippen molar-refractivity contribution in [3.63, 3.8) is 0 Å². The van der Waals surface area contributed by atoms with Crippen molar-refractivity contribution in [3.8, 4) is 6.07 Å². The number of hydrogen-bond acceptors (Lipinski definition) is 3. The SMILES string of the molecule is N#Cc1ccn2nc(CCCC(=O)CC3(C(F)(F)F)CC3)c(C3CCC3)c2c1. The maximum absolute atomic E-state index is 13.0. The Morgan fingerprint density at radius 3 is 2.68 bits per heavy atom. The van der Waals surface area contributed by atoms with Gasteiger partial charge in [0.05, 0.1) is 28.3 Å². The van der Waals surface area contributed by atoms with Crippen LogP contribution in [0.4, 0.5) is 13.2 Å². The van der Waals surface area contributed by atoms with Crippen LogP contribution >= 0.6 is 0 Å². The lowest BCUT2D eigenvalue weighted by Gasteiger charge is -2.26. The lowest BCUT2D eigenvalue weighted by atomic mass is 9.78. The number of aryl methyl sites for hydroxylation is 1. The van der Waals surface area contributed by atoms with Gasteiger partial charge in [-0.2, -0.15) is 23.5 Å². The second kappa shape index (κ2) is 6.91. The van der Waals surface area contributed by atoms with Gasteiger partial charge in [-0.25, -0.2) is 4.52 Å². The lowest BCUT2D eigenvalue weighted by molar-refractivity contribution is -0.190. The summed E-state index contributed by atoms with van der Waals surface area (Å²) in [4.78, 5) is 12.1. The first-order chi connectivity index (χ1) is 13.3. The first-order valence-corrected chi connectivity index (χ1v) is 9.83. The van der Waals surface area contributed by atoms with Crippen molar-refractivity contribution in [3.05, 3.63) is 35.2 Å². The number of carbonyl (C=O) groups excluding carboxylic acids is 1. The Bertz CT molecular complexity index is 946. The molecule has 0 aromatic carbocycles. The van der Waals surface area contributed by atoms with Crippen LogP contribution in [0.2, 0.25) is 0 Å². The number of alkyl halides is 3. The lowest BCUT2D eigenvalue weighted by Crippen LogP contribution is -2.27. The van der Waals surface area contributed by atoms with Gasteiger partial charge in [-0.15, -0.1) is 0 Å². The van der Waals surface area contributed by atoms with E-state index in [4.69, 9.17) is 5.26 Å². The van der Waals surface area contributed by atoms with Gasteiger partial charge in [0, 0.05) is 24.6 Å². The third-order valence-corrected chi connectivity index (χ3v) is 6.25. The van der Waals surface area contributed by atoms with E-state index in [1.165, 1.54) is 0 Å². The zero-order valence-electron chi connectivity index (χ0n) is 15.6. The highest BCUT2D eigenvalue weighted by molar-refractivity contribution is 5.79. The molecule has 4 rings (SSSR count). The summed E-state index contributed by atoms with van der Waals surface area (Å²) >= 11 is 0. The molecule has 2 aromatic rings. The van der Waals surface area contributed by atoms with Crippen LogP contribution in [0, 0.1) is 16.7 Å². The molecule has 0 radical (unpaired) electrons. The summed E-state index contributed by atoms with van der Waals surface area (Å²) in [6.07, 6.45) is 1.80. The Kier molecular flexibility index (Phi) is 4.68. The molecule has 0 bridgehead atoms. The maximum Gasteiger partial charge on any atom is 0.394 e. The highest BCUT2D eigenvalue weighted by atomic mass is 19.4. The predicted molar refractivity (Wildman–Crippen MR) is 96.8 cm³/mol. The van der Waals surface area contributed by atoms with Crippen molar-refractivity contribution in [1.29, 1.82) is 5.26 Å². The Labute approximate surface area is 161 Å². The molecule has 7 heteroatoms. The van der Waals surface area contributed by atoms with Crippen LogP contribution in [0.3, 0.4) is 0 Å². The van der Waals surface area contributed by atoms with Gasteiger partial charge in [-0.1, -0.05) is 6.42 Å². The van der Waals surface area contributed by atoms with Gasteiger partial charge in [-0.3, -0.25) is 4.79 Å². The highest BCUT2D eigenvalue weighted by Crippen LogP contribution is 2.60. The Morgan fingerprint density at radius 1 is 1.36 bits per heavy atom. The summed E-state index contributed by atoms with van der Waals surface area (Å²) in [6, 6.07) is 5.71. The van der Waals surface area contributed by atoms with Crippen LogP contribution in [-0.2, 0) is 11.2 Å².